The molecule has 2 N–H and O–H groups in total. The Morgan fingerprint density at radius 1 is 1.68 bits per heavy atom. The number of nitrogens with zero attached hydrogens (tertiary/aromatic N) is 2. The Labute approximate surface area is 119 Å². The van der Waals surface area contributed by atoms with E-state index in [1.165, 1.54) is 0 Å². The molecule has 0 spiro atoms. The number of carbonyl (C=O) groups excluding carboxylic acids is 1. The van der Waals surface area contributed by atoms with Gasteiger partial charge in [-0.3, -0.25) is 9.48 Å². The van der Waals surface area contributed by atoms with Gasteiger partial charge >= 0.3 is 0 Å². The maximum atomic E-state index is 11.8. The van der Waals surface area contributed by atoms with Gasteiger partial charge in [0.1, 0.15) is 0 Å². The maximum absolute atomic E-state index is 11.8. The fraction of sp³-hybridized carbons (Fsp3) is 0.667. The number of hydrogen-bond donors (Lipinski definition) is 2. The lowest BCUT2D eigenvalue weighted by atomic mass is 10.0. The van der Waals surface area contributed by atoms with Crippen LogP contribution in [-0.4, -0.2) is 42.5 Å². The summed E-state index contributed by atoms with van der Waals surface area (Å²) < 4.78 is 6.73. The molecule has 1 aromatic rings. The van der Waals surface area contributed by atoms with E-state index >= 15 is 0 Å². The van der Waals surface area contributed by atoms with E-state index in [9.17, 15) is 4.79 Å². The molecule has 1 unspecified atom stereocenters. The van der Waals surface area contributed by atoms with Crippen LogP contribution in [0, 0.1) is 5.92 Å². The molecule has 6 nitrogen and oxygen atoms in total. The summed E-state index contributed by atoms with van der Waals surface area (Å²) >= 11 is 0. The lowest BCUT2D eigenvalue weighted by Crippen LogP contribution is -2.18. The smallest absolute Gasteiger partial charge is 0.224 e. The highest BCUT2D eigenvalue weighted by Gasteiger charge is 2.18. The molecular weight excluding hydrogens is 268 g/mol. The number of amides is 1. The van der Waals surface area contributed by atoms with Crippen molar-refractivity contribution in [2.24, 2.45) is 5.92 Å². The molecule has 0 bridgehead atoms. The van der Waals surface area contributed by atoms with Gasteiger partial charge in [0.05, 0.1) is 25.0 Å². The SMILES string of the molecule is COCCn1cc(NC(=O)CC2CCNC2)cn1.Cl. The number of anilines is 1. The Kier molecular flexibility index (Phi) is 6.83. The molecule has 1 fully saturated rings. The summed E-state index contributed by atoms with van der Waals surface area (Å²) in [7, 11) is 1.65. The van der Waals surface area contributed by atoms with Gasteiger partial charge in [0.2, 0.25) is 5.91 Å². The van der Waals surface area contributed by atoms with Gasteiger partial charge in [0.15, 0.2) is 0 Å². The fourth-order valence-electron chi connectivity index (χ4n) is 2.10. The number of ether oxygens (including phenoxy) is 1. The molecule has 0 aromatic carbocycles. The summed E-state index contributed by atoms with van der Waals surface area (Å²) in [5.74, 6) is 0.531. The molecule has 1 aromatic heterocycles. The summed E-state index contributed by atoms with van der Waals surface area (Å²) in [5, 5.41) is 10.3. The van der Waals surface area contributed by atoms with Crippen LogP contribution in [0.5, 0.6) is 0 Å². The second kappa shape index (κ2) is 8.14. The molecule has 19 heavy (non-hydrogen) atoms. The van der Waals surface area contributed by atoms with E-state index in [1.807, 2.05) is 6.20 Å². The van der Waals surface area contributed by atoms with Crippen LogP contribution in [0.2, 0.25) is 0 Å². The minimum absolute atomic E-state index is 0. The van der Waals surface area contributed by atoms with Gasteiger partial charge in [-0.05, 0) is 25.4 Å². The molecule has 2 rings (SSSR count). The molecule has 1 aliphatic rings. The second-order valence-electron chi connectivity index (χ2n) is 4.60. The van der Waals surface area contributed by atoms with Crippen molar-refractivity contribution in [3.8, 4) is 0 Å². The van der Waals surface area contributed by atoms with Crippen molar-refractivity contribution in [1.29, 1.82) is 0 Å². The summed E-state index contributed by atoms with van der Waals surface area (Å²) in [6.07, 6.45) is 5.15. The zero-order valence-electron chi connectivity index (χ0n) is 11.1. The van der Waals surface area contributed by atoms with E-state index in [0.717, 1.165) is 25.2 Å². The Hall–Kier alpha value is -1.11. The van der Waals surface area contributed by atoms with Crippen molar-refractivity contribution in [3.05, 3.63) is 12.4 Å². The molecule has 0 saturated carbocycles. The number of nitrogens with one attached hydrogen (secondary N) is 2. The van der Waals surface area contributed by atoms with Crippen molar-refractivity contribution in [2.45, 2.75) is 19.4 Å². The van der Waals surface area contributed by atoms with E-state index in [-0.39, 0.29) is 18.3 Å². The number of carbonyl (C=O) groups is 1. The van der Waals surface area contributed by atoms with Gasteiger partial charge in [-0.1, -0.05) is 0 Å². The van der Waals surface area contributed by atoms with Crippen LogP contribution in [0.25, 0.3) is 0 Å². The maximum Gasteiger partial charge on any atom is 0.224 e. The van der Waals surface area contributed by atoms with Gasteiger partial charge in [0, 0.05) is 19.7 Å². The highest BCUT2D eigenvalue weighted by atomic mass is 35.5. The zero-order chi connectivity index (χ0) is 12.8. The van der Waals surface area contributed by atoms with Gasteiger partial charge in [0.25, 0.3) is 0 Å². The van der Waals surface area contributed by atoms with Crippen LogP contribution in [0.4, 0.5) is 5.69 Å². The van der Waals surface area contributed by atoms with Crippen LogP contribution >= 0.6 is 12.4 Å². The van der Waals surface area contributed by atoms with Crippen molar-refractivity contribution < 1.29 is 9.53 Å². The lowest BCUT2D eigenvalue weighted by Gasteiger charge is -2.07. The topological polar surface area (TPSA) is 68.2 Å². The monoisotopic (exact) mass is 288 g/mol. The number of hydrogen-bond acceptors (Lipinski definition) is 4. The highest BCUT2D eigenvalue weighted by Crippen LogP contribution is 2.14. The third-order valence-corrected chi connectivity index (χ3v) is 3.08. The van der Waals surface area contributed by atoms with Crippen molar-refractivity contribution >= 4 is 24.0 Å². The van der Waals surface area contributed by atoms with Gasteiger partial charge in [-0.2, -0.15) is 5.10 Å². The number of methoxy groups -OCH3 is 1. The van der Waals surface area contributed by atoms with Crippen molar-refractivity contribution in [2.75, 3.05) is 32.1 Å². The normalized spacial score (nSPS) is 18.1. The third kappa shape index (κ3) is 5.18. The van der Waals surface area contributed by atoms with E-state index in [4.69, 9.17) is 4.74 Å². The third-order valence-electron chi connectivity index (χ3n) is 3.08. The molecule has 2 heterocycles. The fourth-order valence-corrected chi connectivity index (χ4v) is 2.10. The van der Waals surface area contributed by atoms with E-state index in [2.05, 4.69) is 15.7 Å². The van der Waals surface area contributed by atoms with Gasteiger partial charge < -0.3 is 15.4 Å². The lowest BCUT2D eigenvalue weighted by molar-refractivity contribution is -0.116. The Morgan fingerprint density at radius 2 is 2.53 bits per heavy atom. The highest BCUT2D eigenvalue weighted by molar-refractivity contribution is 5.90. The molecule has 1 atom stereocenters. The molecule has 0 radical (unpaired) electrons. The van der Waals surface area contributed by atoms with Crippen LogP contribution < -0.4 is 10.6 Å². The number of halogens is 1. The van der Waals surface area contributed by atoms with Crippen molar-refractivity contribution in [3.63, 3.8) is 0 Å². The Balaban J connectivity index is 0.00000180. The average molecular weight is 289 g/mol. The van der Waals surface area contributed by atoms with E-state index in [0.29, 0.717) is 25.5 Å². The van der Waals surface area contributed by atoms with Gasteiger partial charge in [-0.25, -0.2) is 0 Å². The molecule has 1 saturated heterocycles. The average Bonchev–Trinajstić information content (AvgIpc) is 2.98. The predicted octanol–water partition coefficient (Wildman–Crippen LogP) is 0.889. The molecule has 7 heteroatoms. The molecule has 1 amide bonds. The zero-order valence-corrected chi connectivity index (χ0v) is 11.9. The van der Waals surface area contributed by atoms with Gasteiger partial charge in [-0.15, -0.1) is 12.4 Å². The number of aromatic nitrogens is 2. The van der Waals surface area contributed by atoms with Crippen molar-refractivity contribution in [1.82, 2.24) is 15.1 Å². The number of rotatable bonds is 6. The van der Waals surface area contributed by atoms with Crippen LogP contribution in [0.15, 0.2) is 12.4 Å². The first kappa shape index (κ1) is 15.9. The first-order valence-electron chi connectivity index (χ1n) is 6.30. The Morgan fingerprint density at radius 3 is 3.21 bits per heavy atom. The van der Waals surface area contributed by atoms with Crippen LogP contribution in [0.1, 0.15) is 12.8 Å². The van der Waals surface area contributed by atoms with Crippen LogP contribution in [0.3, 0.4) is 0 Å². The minimum Gasteiger partial charge on any atom is -0.383 e. The molecule has 108 valence electrons. The standard InChI is InChI=1S/C12H20N4O2.ClH/c1-18-5-4-16-9-11(8-14-16)15-12(17)6-10-2-3-13-7-10;/h8-10,13H,2-7H2,1H3,(H,15,17);1H. The summed E-state index contributed by atoms with van der Waals surface area (Å²) in [6, 6.07) is 0. The predicted molar refractivity (Wildman–Crippen MR) is 75.6 cm³/mol. The summed E-state index contributed by atoms with van der Waals surface area (Å²) in [5.41, 5.74) is 0.752. The first-order chi connectivity index (χ1) is 8.78. The second-order valence-corrected chi connectivity index (χ2v) is 4.60. The van der Waals surface area contributed by atoms with E-state index in [1.54, 1.807) is 18.0 Å². The van der Waals surface area contributed by atoms with E-state index < -0.39 is 0 Å². The molecular formula is C12H21ClN4O2. The molecule has 0 aliphatic carbocycles. The Bertz CT molecular complexity index is 391. The largest absolute Gasteiger partial charge is 0.383 e. The van der Waals surface area contributed by atoms with Crippen LogP contribution in [-0.2, 0) is 16.1 Å². The molecule has 1 aliphatic heterocycles. The summed E-state index contributed by atoms with van der Waals surface area (Å²) in [4.78, 5) is 11.8. The quantitative estimate of drug-likeness (QED) is 0.816. The summed E-state index contributed by atoms with van der Waals surface area (Å²) in [6.45, 7) is 3.27. The first-order valence-corrected chi connectivity index (χ1v) is 6.30. The minimum atomic E-state index is 0.